The average Bonchev–Trinajstić information content (AvgIpc) is 1.83. The van der Waals surface area contributed by atoms with Gasteiger partial charge in [0.15, 0.2) is 0 Å². The Bertz CT molecular complexity index is 94.6. The lowest BCUT2D eigenvalue weighted by molar-refractivity contribution is 0.566. The first kappa shape index (κ1) is 7.81. The summed E-state index contributed by atoms with van der Waals surface area (Å²) >= 11 is 0. The Hall–Kier alpha value is -0.190. The highest BCUT2D eigenvalue weighted by molar-refractivity contribution is 7.56. The highest BCUT2D eigenvalue weighted by Crippen LogP contribution is 2.34. The van der Waals surface area contributed by atoms with Crippen LogP contribution >= 0.6 is 8.07 Å². The molecule has 0 N–H and O–H groups in total. The summed E-state index contributed by atoms with van der Waals surface area (Å²) in [5.41, 5.74) is 0. The van der Waals surface area contributed by atoms with E-state index >= 15 is 0 Å². The maximum absolute atomic E-state index is 9.66. The van der Waals surface area contributed by atoms with E-state index in [1.165, 1.54) is 0 Å². The number of hydrogen-bond acceptors (Lipinski definition) is 2. The maximum atomic E-state index is 9.66. The highest BCUT2D eigenvalue weighted by Gasteiger charge is 1.95. The summed E-state index contributed by atoms with van der Waals surface area (Å²) in [4.78, 5) is 9.66. The summed E-state index contributed by atoms with van der Waals surface area (Å²) < 4.78 is 3.62. The van der Waals surface area contributed by atoms with Crippen LogP contribution < -0.4 is 0 Å². The largest absolute Gasteiger partial charge is 0.238 e. The van der Waals surface area contributed by atoms with Crippen molar-refractivity contribution in [2.45, 2.75) is 13.8 Å². The second-order valence-electron chi connectivity index (χ2n) is 1.33. The van der Waals surface area contributed by atoms with Crippen molar-refractivity contribution >= 4 is 14.2 Å². The third-order valence-corrected chi connectivity index (χ3v) is 2.74. The van der Waals surface area contributed by atoms with E-state index in [4.69, 9.17) is 0 Å². The molecule has 0 aromatic heterocycles. The van der Waals surface area contributed by atoms with Crippen LogP contribution in [0, 0.1) is 0 Å². The van der Waals surface area contributed by atoms with Crippen LogP contribution in [0.15, 0.2) is 4.76 Å². The monoisotopic (exact) mass is 131 g/mol. The molecular formula is C5H10NOP. The smallest absolute Gasteiger partial charge is 0.211 e. The molecule has 0 spiro atoms. The molecule has 0 rings (SSSR count). The number of nitrogens with zero attached hydrogens (tertiary/aromatic N) is 1. The predicted octanol–water partition coefficient (Wildman–Crippen LogP) is 1.76. The minimum absolute atomic E-state index is 0.355. The summed E-state index contributed by atoms with van der Waals surface area (Å²) in [6, 6.07) is 0. The van der Waals surface area contributed by atoms with Crippen molar-refractivity contribution in [3.05, 3.63) is 0 Å². The Balaban J connectivity index is 3.52. The molecule has 0 saturated carbocycles. The van der Waals surface area contributed by atoms with E-state index in [0.29, 0.717) is 0 Å². The first-order valence-corrected chi connectivity index (χ1v) is 4.34. The van der Waals surface area contributed by atoms with Gasteiger partial charge in [0, 0.05) is 8.07 Å². The second-order valence-corrected chi connectivity index (χ2v) is 3.81. The molecule has 0 aliphatic heterocycles. The minimum atomic E-state index is -0.355. The third-order valence-electron chi connectivity index (χ3n) is 0.912. The molecule has 0 saturated heterocycles. The van der Waals surface area contributed by atoms with Gasteiger partial charge < -0.3 is 0 Å². The molecule has 0 heterocycles. The first-order valence-electron chi connectivity index (χ1n) is 2.67. The Kier molecular flexibility index (Phi) is 4.84. The third kappa shape index (κ3) is 2.90. The Morgan fingerprint density at radius 1 is 1.50 bits per heavy atom. The molecule has 0 radical (unpaired) electrons. The zero-order valence-electron chi connectivity index (χ0n) is 5.22. The number of isocyanates is 1. The van der Waals surface area contributed by atoms with Gasteiger partial charge >= 0.3 is 0 Å². The van der Waals surface area contributed by atoms with Crippen LogP contribution in [0.5, 0.6) is 0 Å². The van der Waals surface area contributed by atoms with Crippen LogP contribution in [-0.2, 0) is 4.79 Å². The van der Waals surface area contributed by atoms with Gasteiger partial charge in [0.2, 0.25) is 6.08 Å². The molecule has 46 valence electrons. The molecule has 0 aromatic carbocycles. The average molecular weight is 131 g/mol. The van der Waals surface area contributed by atoms with Crippen molar-refractivity contribution in [3.8, 4) is 0 Å². The van der Waals surface area contributed by atoms with Gasteiger partial charge in [-0.05, 0) is 12.3 Å². The topological polar surface area (TPSA) is 29.4 Å². The maximum Gasteiger partial charge on any atom is 0.238 e. The van der Waals surface area contributed by atoms with E-state index < -0.39 is 0 Å². The van der Waals surface area contributed by atoms with Crippen LogP contribution in [-0.4, -0.2) is 18.4 Å². The number of rotatable bonds is 3. The van der Waals surface area contributed by atoms with Crippen molar-refractivity contribution in [2.24, 2.45) is 4.76 Å². The highest BCUT2D eigenvalue weighted by atomic mass is 31.1. The molecule has 0 amide bonds. The van der Waals surface area contributed by atoms with Gasteiger partial charge in [-0.1, -0.05) is 13.8 Å². The Labute approximate surface area is 50.8 Å². The van der Waals surface area contributed by atoms with E-state index in [-0.39, 0.29) is 8.07 Å². The molecule has 0 aliphatic carbocycles. The van der Waals surface area contributed by atoms with Crippen LogP contribution in [0.2, 0.25) is 0 Å². The lowest BCUT2D eigenvalue weighted by Crippen LogP contribution is -1.75. The van der Waals surface area contributed by atoms with Crippen LogP contribution in [0.1, 0.15) is 13.8 Å². The lowest BCUT2D eigenvalue weighted by atomic mass is 11.0. The zero-order chi connectivity index (χ0) is 6.41. The van der Waals surface area contributed by atoms with Crippen LogP contribution in [0.25, 0.3) is 0 Å². The van der Waals surface area contributed by atoms with Gasteiger partial charge in [-0.15, -0.1) is 0 Å². The molecule has 0 fully saturated rings. The van der Waals surface area contributed by atoms with Gasteiger partial charge in [0.25, 0.3) is 0 Å². The molecule has 3 heteroatoms. The van der Waals surface area contributed by atoms with E-state index in [2.05, 4.69) is 4.76 Å². The summed E-state index contributed by atoms with van der Waals surface area (Å²) in [6.07, 6.45) is 3.58. The van der Waals surface area contributed by atoms with Crippen molar-refractivity contribution in [1.82, 2.24) is 0 Å². The van der Waals surface area contributed by atoms with E-state index in [1.807, 2.05) is 13.8 Å². The van der Waals surface area contributed by atoms with Crippen molar-refractivity contribution < 1.29 is 4.79 Å². The predicted molar refractivity (Wildman–Crippen MR) is 36.1 cm³/mol. The molecule has 0 aromatic rings. The Morgan fingerprint density at radius 3 is 2.12 bits per heavy atom. The number of carbonyl (C=O) groups excluding carboxylic acids is 1. The summed E-state index contributed by atoms with van der Waals surface area (Å²) in [7, 11) is -0.355. The molecular weight excluding hydrogens is 121 g/mol. The number of hydrogen-bond donors (Lipinski definition) is 0. The van der Waals surface area contributed by atoms with Gasteiger partial charge in [-0.3, -0.25) is 0 Å². The van der Waals surface area contributed by atoms with Crippen LogP contribution in [0.3, 0.4) is 0 Å². The minimum Gasteiger partial charge on any atom is -0.211 e. The molecule has 0 unspecified atom stereocenters. The van der Waals surface area contributed by atoms with Crippen molar-refractivity contribution in [1.29, 1.82) is 0 Å². The van der Waals surface area contributed by atoms with Crippen molar-refractivity contribution in [3.63, 3.8) is 0 Å². The van der Waals surface area contributed by atoms with Gasteiger partial charge in [-0.25, -0.2) is 4.79 Å². The summed E-state index contributed by atoms with van der Waals surface area (Å²) in [5, 5.41) is 0. The lowest BCUT2D eigenvalue weighted by Gasteiger charge is -1.99. The zero-order valence-corrected chi connectivity index (χ0v) is 6.11. The molecule has 0 aliphatic rings. The summed E-state index contributed by atoms with van der Waals surface area (Å²) in [5.74, 6) is 0. The molecule has 2 nitrogen and oxygen atoms in total. The fourth-order valence-corrected chi connectivity index (χ4v) is 1.27. The summed E-state index contributed by atoms with van der Waals surface area (Å²) in [6.45, 7) is 4.08. The first-order chi connectivity index (χ1) is 3.85. The van der Waals surface area contributed by atoms with Gasteiger partial charge in [0.05, 0.1) is 0 Å². The fourth-order valence-electron chi connectivity index (χ4n) is 0.423. The standard InChI is InChI=1S/C5H10NOP/c1-3-8(4-2)6-5-7/h3-4H2,1-2H3. The normalized spacial score (nSPS) is 8.88. The SMILES string of the molecule is CCP(CC)N=C=O. The molecule has 0 atom stereocenters. The molecule has 0 bridgehead atoms. The fraction of sp³-hybridized carbons (Fsp3) is 0.800. The quantitative estimate of drug-likeness (QED) is 0.326. The second kappa shape index (κ2) is 4.96. The van der Waals surface area contributed by atoms with Crippen molar-refractivity contribution in [2.75, 3.05) is 12.3 Å². The van der Waals surface area contributed by atoms with E-state index in [1.54, 1.807) is 6.08 Å². The molecule has 8 heavy (non-hydrogen) atoms. The Morgan fingerprint density at radius 2 is 2.00 bits per heavy atom. The van der Waals surface area contributed by atoms with E-state index in [0.717, 1.165) is 12.3 Å². The van der Waals surface area contributed by atoms with Crippen LogP contribution in [0.4, 0.5) is 0 Å². The van der Waals surface area contributed by atoms with Gasteiger partial charge in [-0.2, -0.15) is 4.76 Å². The van der Waals surface area contributed by atoms with Gasteiger partial charge in [0.1, 0.15) is 0 Å². The van der Waals surface area contributed by atoms with E-state index in [9.17, 15) is 4.79 Å².